The Balaban J connectivity index is 1.91. The van der Waals surface area contributed by atoms with Gasteiger partial charge >= 0.3 is 0 Å². The summed E-state index contributed by atoms with van der Waals surface area (Å²) in [4.78, 5) is 9.51. The Hall–Kier alpha value is -3.14. The molecule has 0 fully saturated rings. The monoisotopic (exact) mass is 316 g/mol. The lowest BCUT2D eigenvalue weighted by Crippen LogP contribution is -2.09. The van der Waals surface area contributed by atoms with Crippen LogP contribution in [0.1, 0.15) is 23.3 Å². The first kappa shape index (κ1) is 14.5. The van der Waals surface area contributed by atoms with E-state index in [2.05, 4.69) is 0 Å². The fraction of sp³-hybridized carbons (Fsp3) is 0.100. The lowest BCUT2D eigenvalue weighted by atomic mass is 10.0. The van der Waals surface area contributed by atoms with Crippen LogP contribution in [0.25, 0.3) is 0 Å². The maximum atomic E-state index is 10.3. The summed E-state index contributed by atoms with van der Waals surface area (Å²) in [6.45, 7) is 2.00. The van der Waals surface area contributed by atoms with Gasteiger partial charge in [0.1, 0.15) is 11.5 Å². The highest BCUT2D eigenvalue weighted by Gasteiger charge is 2.19. The van der Waals surface area contributed by atoms with Crippen LogP contribution in [0.3, 0.4) is 0 Å². The molecule has 4 heteroatoms. The number of furan rings is 1. The highest BCUT2D eigenvalue weighted by atomic mass is 16.3. The van der Waals surface area contributed by atoms with Crippen molar-refractivity contribution in [1.82, 2.24) is 0 Å². The van der Waals surface area contributed by atoms with Crippen molar-refractivity contribution in [3.05, 3.63) is 77.7 Å². The summed E-state index contributed by atoms with van der Waals surface area (Å²) in [5.41, 5.74) is 4.95. The Bertz CT molecular complexity index is 954. The van der Waals surface area contributed by atoms with Gasteiger partial charge in [0, 0.05) is 12.0 Å². The van der Waals surface area contributed by atoms with Crippen LogP contribution < -0.4 is 0 Å². The first-order chi connectivity index (χ1) is 11.7. The summed E-state index contributed by atoms with van der Waals surface area (Å²) in [5, 5.41) is 10.3. The van der Waals surface area contributed by atoms with E-state index in [0.29, 0.717) is 12.2 Å². The third-order valence-electron chi connectivity index (χ3n) is 4.00. The van der Waals surface area contributed by atoms with Crippen molar-refractivity contribution in [2.24, 2.45) is 9.98 Å². The van der Waals surface area contributed by atoms with Crippen molar-refractivity contribution in [3.63, 3.8) is 0 Å². The normalized spacial score (nSPS) is 13.7. The Morgan fingerprint density at radius 1 is 0.917 bits per heavy atom. The predicted molar refractivity (Wildman–Crippen MR) is 95.0 cm³/mol. The third-order valence-corrected chi connectivity index (χ3v) is 4.00. The fourth-order valence-corrected chi connectivity index (χ4v) is 2.80. The van der Waals surface area contributed by atoms with E-state index < -0.39 is 0 Å². The van der Waals surface area contributed by atoms with Gasteiger partial charge in [0.2, 0.25) is 0 Å². The minimum absolute atomic E-state index is 0.220. The summed E-state index contributed by atoms with van der Waals surface area (Å²) >= 11 is 0. The zero-order chi connectivity index (χ0) is 16.5. The molecule has 4 nitrogen and oxygen atoms in total. The number of aromatic hydroxyl groups is 1. The zero-order valence-electron chi connectivity index (χ0n) is 13.2. The lowest BCUT2D eigenvalue weighted by molar-refractivity contribution is 0.474. The number of phenolic OH excluding ortho intramolecular Hbond substituents is 1. The number of nitrogens with zero attached hydrogens (tertiary/aromatic N) is 2. The van der Waals surface area contributed by atoms with Gasteiger partial charge in [-0.3, -0.25) is 4.99 Å². The van der Waals surface area contributed by atoms with E-state index in [9.17, 15) is 5.11 Å². The van der Waals surface area contributed by atoms with Gasteiger partial charge < -0.3 is 9.52 Å². The van der Waals surface area contributed by atoms with E-state index in [1.54, 1.807) is 12.3 Å². The number of aryl methyl sites for hydroxylation is 1. The Morgan fingerprint density at radius 2 is 1.67 bits per heavy atom. The van der Waals surface area contributed by atoms with Crippen molar-refractivity contribution in [1.29, 1.82) is 0 Å². The van der Waals surface area contributed by atoms with Crippen LogP contribution in [0.4, 0.5) is 11.4 Å². The summed E-state index contributed by atoms with van der Waals surface area (Å²) in [6.07, 6.45) is 2.12. The molecular formula is C20H16N2O2. The van der Waals surface area contributed by atoms with Gasteiger partial charge in [-0.25, -0.2) is 4.99 Å². The van der Waals surface area contributed by atoms with Crippen LogP contribution in [-0.4, -0.2) is 16.5 Å². The van der Waals surface area contributed by atoms with Gasteiger partial charge in [-0.15, -0.1) is 0 Å². The predicted octanol–water partition coefficient (Wildman–Crippen LogP) is 4.94. The first-order valence-corrected chi connectivity index (χ1v) is 7.79. The van der Waals surface area contributed by atoms with E-state index in [0.717, 1.165) is 33.9 Å². The molecule has 2 heterocycles. The summed E-state index contributed by atoms with van der Waals surface area (Å²) < 4.78 is 5.53. The number of para-hydroxylation sites is 2. The molecule has 4 rings (SSSR count). The van der Waals surface area contributed by atoms with Gasteiger partial charge in [0.25, 0.3) is 0 Å². The van der Waals surface area contributed by atoms with Crippen LogP contribution in [0.15, 0.2) is 75.3 Å². The molecule has 3 aromatic rings. The van der Waals surface area contributed by atoms with Gasteiger partial charge in [0.15, 0.2) is 0 Å². The second-order valence-electron chi connectivity index (χ2n) is 5.78. The molecule has 0 aliphatic carbocycles. The lowest BCUT2D eigenvalue weighted by Gasteiger charge is -2.09. The Morgan fingerprint density at radius 3 is 2.38 bits per heavy atom. The maximum absolute atomic E-state index is 10.3. The summed E-state index contributed by atoms with van der Waals surface area (Å²) in [7, 11) is 0. The second-order valence-corrected chi connectivity index (χ2v) is 5.78. The van der Waals surface area contributed by atoms with Crippen LogP contribution in [0, 0.1) is 6.92 Å². The number of fused-ring (bicyclic) bond motifs is 1. The molecule has 0 amide bonds. The first-order valence-electron chi connectivity index (χ1n) is 7.79. The van der Waals surface area contributed by atoms with E-state index in [4.69, 9.17) is 14.4 Å². The molecule has 0 atom stereocenters. The molecule has 1 aromatic heterocycles. The van der Waals surface area contributed by atoms with Gasteiger partial charge in [-0.1, -0.05) is 23.8 Å². The maximum Gasteiger partial charge on any atom is 0.148 e. The number of hydrogen-bond donors (Lipinski definition) is 1. The summed E-state index contributed by atoms with van der Waals surface area (Å²) in [6, 6.07) is 17.0. The number of benzene rings is 2. The van der Waals surface area contributed by atoms with Crippen molar-refractivity contribution in [2.75, 3.05) is 0 Å². The number of rotatable bonds is 2. The van der Waals surface area contributed by atoms with E-state index in [1.807, 2.05) is 55.5 Å². The molecule has 0 saturated heterocycles. The summed E-state index contributed by atoms with van der Waals surface area (Å²) in [5.74, 6) is 0.934. The molecule has 0 saturated carbocycles. The molecule has 1 N–H and O–H groups in total. The highest BCUT2D eigenvalue weighted by Crippen LogP contribution is 2.34. The van der Waals surface area contributed by atoms with E-state index in [-0.39, 0.29) is 5.75 Å². The fourth-order valence-electron chi connectivity index (χ4n) is 2.80. The van der Waals surface area contributed by atoms with Gasteiger partial charge in [-0.05, 0) is 43.3 Å². The molecule has 0 unspecified atom stereocenters. The van der Waals surface area contributed by atoms with Crippen molar-refractivity contribution in [2.45, 2.75) is 13.3 Å². The molecule has 24 heavy (non-hydrogen) atoms. The molecule has 1 aliphatic heterocycles. The van der Waals surface area contributed by atoms with Crippen LogP contribution >= 0.6 is 0 Å². The van der Waals surface area contributed by atoms with E-state index in [1.165, 1.54) is 0 Å². The topological polar surface area (TPSA) is 58.1 Å². The molecule has 0 spiro atoms. The molecule has 118 valence electrons. The molecule has 1 aliphatic rings. The van der Waals surface area contributed by atoms with Crippen molar-refractivity contribution in [3.8, 4) is 5.75 Å². The SMILES string of the molecule is Cc1ccc(O)c(C2=Nc3ccccc3N=C(c3ccco3)C2)c1. The smallest absolute Gasteiger partial charge is 0.148 e. The Labute approximate surface area is 139 Å². The molecule has 0 radical (unpaired) electrons. The second kappa shape index (κ2) is 5.81. The van der Waals surface area contributed by atoms with Crippen LogP contribution in [-0.2, 0) is 0 Å². The van der Waals surface area contributed by atoms with Gasteiger partial charge in [0.05, 0.1) is 29.1 Å². The van der Waals surface area contributed by atoms with Gasteiger partial charge in [-0.2, -0.15) is 0 Å². The minimum Gasteiger partial charge on any atom is -0.507 e. The molecule has 0 bridgehead atoms. The number of phenols is 1. The zero-order valence-corrected chi connectivity index (χ0v) is 13.2. The standard InChI is InChI=1S/C20H16N2O2/c1-13-8-9-19(23)14(11-13)17-12-18(20-7-4-10-24-20)22-16-6-3-2-5-15(16)21-17/h2-11,23H,12H2,1H3. The number of hydrogen-bond acceptors (Lipinski definition) is 4. The molecule has 2 aromatic carbocycles. The highest BCUT2D eigenvalue weighted by molar-refractivity contribution is 6.20. The van der Waals surface area contributed by atoms with E-state index >= 15 is 0 Å². The van der Waals surface area contributed by atoms with Crippen molar-refractivity contribution < 1.29 is 9.52 Å². The number of aliphatic imine (C=N–C) groups is 2. The average Bonchev–Trinajstić information content (AvgIpc) is 3.05. The molecular weight excluding hydrogens is 300 g/mol. The Kier molecular flexibility index (Phi) is 3.50. The van der Waals surface area contributed by atoms with Crippen LogP contribution in [0.2, 0.25) is 0 Å². The van der Waals surface area contributed by atoms with Crippen molar-refractivity contribution >= 4 is 22.8 Å². The quantitative estimate of drug-likeness (QED) is 0.728. The minimum atomic E-state index is 0.220. The third kappa shape index (κ3) is 2.63. The van der Waals surface area contributed by atoms with Crippen LogP contribution in [0.5, 0.6) is 5.75 Å². The largest absolute Gasteiger partial charge is 0.507 e. The average molecular weight is 316 g/mol.